The second kappa shape index (κ2) is 4.07. The van der Waals surface area contributed by atoms with Gasteiger partial charge < -0.3 is 0 Å². The lowest BCUT2D eigenvalue weighted by atomic mass is 10.2. The molecule has 0 aromatic carbocycles. The number of hydrogen-bond acceptors (Lipinski definition) is 1. The van der Waals surface area contributed by atoms with E-state index in [2.05, 4.69) is 11.6 Å². The van der Waals surface area contributed by atoms with Crippen LogP contribution in [0.4, 0.5) is 0 Å². The molecule has 0 aliphatic carbocycles. The maximum Gasteiger partial charge on any atom is 0.0652 e. The van der Waals surface area contributed by atoms with Crippen LogP contribution in [0.3, 0.4) is 0 Å². The SMILES string of the molecule is C=C(C)c1ccccn1.Cl. The van der Waals surface area contributed by atoms with Gasteiger partial charge in [0.2, 0.25) is 0 Å². The van der Waals surface area contributed by atoms with Crippen LogP contribution in [0.2, 0.25) is 0 Å². The Bertz CT molecular complexity index is 206. The van der Waals surface area contributed by atoms with Crippen molar-refractivity contribution in [2.75, 3.05) is 0 Å². The van der Waals surface area contributed by atoms with E-state index in [1.165, 1.54) is 0 Å². The Balaban J connectivity index is 0.000000810. The molecule has 2 heteroatoms. The summed E-state index contributed by atoms with van der Waals surface area (Å²) in [4.78, 5) is 4.08. The summed E-state index contributed by atoms with van der Waals surface area (Å²) in [5, 5.41) is 0. The third-order valence-corrected chi connectivity index (χ3v) is 1.10. The number of aromatic nitrogens is 1. The van der Waals surface area contributed by atoms with Gasteiger partial charge in [-0.3, -0.25) is 4.98 Å². The van der Waals surface area contributed by atoms with Crippen molar-refractivity contribution in [1.29, 1.82) is 0 Å². The molecule has 0 saturated heterocycles. The van der Waals surface area contributed by atoms with Gasteiger partial charge in [0.15, 0.2) is 0 Å². The predicted octanol–water partition coefficient (Wildman–Crippen LogP) is 2.54. The van der Waals surface area contributed by atoms with E-state index < -0.39 is 0 Å². The van der Waals surface area contributed by atoms with Gasteiger partial charge >= 0.3 is 0 Å². The molecule has 0 aliphatic rings. The van der Waals surface area contributed by atoms with Crippen molar-refractivity contribution >= 4 is 18.0 Å². The van der Waals surface area contributed by atoms with Crippen LogP contribution in [0, 0.1) is 0 Å². The quantitative estimate of drug-likeness (QED) is 0.608. The van der Waals surface area contributed by atoms with Crippen LogP contribution >= 0.6 is 12.4 Å². The molecule has 0 radical (unpaired) electrons. The van der Waals surface area contributed by atoms with Crippen molar-refractivity contribution in [1.82, 2.24) is 4.98 Å². The van der Waals surface area contributed by atoms with Crippen LogP contribution in [-0.4, -0.2) is 4.98 Å². The maximum absolute atomic E-state index is 4.08. The number of nitrogens with zero attached hydrogens (tertiary/aromatic N) is 1. The van der Waals surface area contributed by atoms with E-state index in [-0.39, 0.29) is 12.4 Å². The maximum atomic E-state index is 4.08. The fourth-order valence-corrected chi connectivity index (χ4v) is 0.615. The molecule has 0 aliphatic heterocycles. The smallest absolute Gasteiger partial charge is 0.0652 e. The standard InChI is InChI=1S/C8H9N.ClH/c1-7(2)8-5-3-4-6-9-8;/h3-6H,1H2,2H3;1H. The zero-order valence-electron chi connectivity index (χ0n) is 5.87. The molecule has 1 heterocycles. The van der Waals surface area contributed by atoms with Gasteiger partial charge in [-0.05, 0) is 24.6 Å². The predicted molar refractivity (Wildman–Crippen MR) is 46.2 cm³/mol. The van der Waals surface area contributed by atoms with Crippen LogP contribution in [0.25, 0.3) is 5.57 Å². The second-order valence-electron chi connectivity index (χ2n) is 2.00. The van der Waals surface area contributed by atoms with Crippen LogP contribution in [0.1, 0.15) is 12.6 Å². The lowest BCUT2D eigenvalue weighted by molar-refractivity contribution is 1.27. The summed E-state index contributed by atoms with van der Waals surface area (Å²) in [6.07, 6.45) is 1.77. The molecule has 0 fully saturated rings. The monoisotopic (exact) mass is 155 g/mol. The summed E-state index contributed by atoms with van der Waals surface area (Å²) >= 11 is 0. The van der Waals surface area contributed by atoms with Crippen molar-refractivity contribution in [3.05, 3.63) is 36.7 Å². The molecular formula is C8H10ClN. The molecule has 1 aromatic rings. The largest absolute Gasteiger partial charge is 0.257 e. The summed E-state index contributed by atoms with van der Waals surface area (Å²) in [5.74, 6) is 0. The normalized spacial score (nSPS) is 8.10. The van der Waals surface area contributed by atoms with Crippen molar-refractivity contribution in [2.24, 2.45) is 0 Å². The zero-order valence-corrected chi connectivity index (χ0v) is 6.69. The highest BCUT2D eigenvalue weighted by Crippen LogP contribution is 2.04. The van der Waals surface area contributed by atoms with Gasteiger partial charge in [0.25, 0.3) is 0 Å². The van der Waals surface area contributed by atoms with Crippen molar-refractivity contribution in [2.45, 2.75) is 6.92 Å². The van der Waals surface area contributed by atoms with Crippen LogP contribution in [-0.2, 0) is 0 Å². The highest BCUT2D eigenvalue weighted by atomic mass is 35.5. The average molecular weight is 156 g/mol. The Kier molecular flexibility index (Phi) is 3.74. The molecule has 10 heavy (non-hydrogen) atoms. The molecular weight excluding hydrogens is 146 g/mol. The number of halogens is 1. The molecule has 0 spiro atoms. The lowest BCUT2D eigenvalue weighted by Gasteiger charge is -1.93. The summed E-state index contributed by atoms with van der Waals surface area (Å²) in [6, 6.07) is 5.80. The number of pyridine rings is 1. The van der Waals surface area contributed by atoms with Gasteiger partial charge in [-0.2, -0.15) is 0 Å². The van der Waals surface area contributed by atoms with Crippen molar-refractivity contribution in [3.63, 3.8) is 0 Å². The third-order valence-electron chi connectivity index (χ3n) is 1.10. The van der Waals surface area contributed by atoms with E-state index in [9.17, 15) is 0 Å². The number of rotatable bonds is 1. The summed E-state index contributed by atoms with van der Waals surface area (Å²) in [7, 11) is 0. The van der Waals surface area contributed by atoms with E-state index in [4.69, 9.17) is 0 Å². The van der Waals surface area contributed by atoms with Gasteiger partial charge in [-0.15, -0.1) is 12.4 Å². The Hall–Kier alpha value is -0.820. The Morgan fingerprint density at radius 2 is 2.20 bits per heavy atom. The first-order valence-corrected chi connectivity index (χ1v) is 2.87. The Morgan fingerprint density at radius 3 is 2.50 bits per heavy atom. The van der Waals surface area contributed by atoms with E-state index in [0.29, 0.717) is 0 Å². The first-order valence-electron chi connectivity index (χ1n) is 2.87. The molecule has 54 valence electrons. The molecule has 0 N–H and O–H groups in total. The van der Waals surface area contributed by atoms with Gasteiger partial charge in [0.1, 0.15) is 0 Å². The zero-order chi connectivity index (χ0) is 6.69. The highest BCUT2D eigenvalue weighted by molar-refractivity contribution is 5.85. The van der Waals surface area contributed by atoms with Gasteiger partial charge in [-0.25, -0.2) is 0 Å². The van der Waals surface area contributed by atoms with Crippen molar-refractivity contribution < 1.29 is 0 Å². The van der Waals surface area contributed by atoms with Gasteiger partial charge in [0, 0.05) is 6.20 Å². The molecule has 0 unspecified atom stereocenters. The van der Waals surface area contributed by atoms with E-state index in [1.807, 2.05) is 25.1 Å². The lowest BCUT2D eigenvalue weighted by Crippen LogP contribution is -1.80. The average Bonchev–Trinajstić information content (AvgIpc) is 1.90. The summed E-state index contributed by atoms with van der Waals surface area (Å²) in [6.45, 7) is 5.71. The molecule has 0 saturated carbocycles. The van der Waals surface area contributed by atoms with Gasteiger partial charge in [-0.1, -0.05) is 12.6 Å². The number of hydrogen-bond donors (Lipinski definition) is 0. The minimum absolute atomic E-state index is 0. The van der Waals surface area contributed by atoms with Crippen LogP contribution in [0.15, 0.2) is 31.0 Å². The fourth-order valence-electron chi connectivity index (χ4n) is 0.615. The summed E-state index contributed by atoms with van der Waals surface area (Å²) < 4.78 is 0. The van der Waals surface area contributed by atoms with E-state index >= 15 is 0 Å². The highest BCUT2D eigenvalue weighted by Gasteiger charge is 1.88. The molecule has 0 amide bonds. The molecule has 1 nitrogen and oxygen atoms in total. The second-order valence-corrected chi connectivity index (χ2v) is 2.00. The van der Waals surface area contributed by atoms with E-state index in [0.717, 1.165) is 11.3 Å². The van der Waals surface area contributed by atoms with Crippen LogP contribution < -0.4 is 0 Å². The fraction of sp³-hybridized carbons (Fsp3) is 0.125. The minimum Gasteiger partial charge on any atom is -0.257 e. The van der Waals surface area contributed by atoms with Crippen LogP contribution in [0.5, 0.6) is 0 Å². The Morgan fingerprint density at radius 1 is 1.50 bits per heavy atom. The molecule has 1 aromatic heterocycles. The number of allylic oxidation sites excluding steroid dienone is 1. The minimum atomic E-state index is 0. The first kappa shape index (κ1) is 9.18. The molecule has 1 rings (SSSR count). The first-order chi connectivity index (χ1) is 4.30. The van der Waals surface area contributed by atoms with Crippen molar-refractivity contribution in [3.8, 4) is 0 Å². The third kappa shape index (κ3) is 2.19. The van der Waals surface area contributed by atoms with Gasteiger partial charge in [0.05, 0.1) is 5.69 Å². The molecule has 0 bridgehead atoms. The topological polar surface area (TPSA) is 12.9 Å². The summed E-state index contributed by atoms with van der Waals surface area (Å²) in [5.41, 5.74) is 1.98. The van der Waals surface area contributed by atoms with E-state index in [1.54, 1.807) is 6.20 Å². The Labute approximate surface area is 67.2 Å². The molecule has 0 atom stereocenters.